The van der Waals surface area contributed by atoms with Gasteiger partial charge >= 0.3 is 6.03 Å². The lowest BCUT2D eigenvalue weighted by Crippen LogP contribution is -2.60. The maximum Gasteiger partial charge on any atom is 0.318 e. The normalized spacial score (nSPS) is 19.0. The Balaban J connectivity index is 1.66. The van der Waals surface area contributed by atoms with Crippen LogP contribution in [0.15, 0.2) is 24.3 Å². The van der Waals surface area contributed by atoms with E-state index in [2.05, 4.69) is 21.6 Å². The minimum Gasteiger partial charge on any atom is -0.497 e. The van der Waals surface area contributed by atoms with Gasteiger partial charge in [0.15, 0.2) is 0 Å². The highest BCUT2D eigenvalue weighted by atomic mass is 16.5. The summed E-state index contributed by atoms with van der Waals surface area (Å²) >= 11 is 0. The lowest BCUT2D eigenvalue weighted by molar-refractivity contribution is -0.125. The van der Waals surface area contributed by atoms with Crippen LogP contribution in [0.3, 0.4) is 0 Å². The van der Waals surface area contributed by atoms with Crippen LogP contribution in [0, 0.1) is 16.7 Å². The predicted octanol–water partition coefficient (Wildman–Crippen LogP) is 2.52. The molecule has 1 aromatic carbocycles. The third-order valence-electron chi connectivity index (χ3n) is 6.34. The van der Waals surface area contributed by atoms with Crippen LogP contribution in [0.1, 0.15) is 40.0 Å². The van der Waals surface area contributed by atoms with Gasteiger partial charge in [0, 0.05) is 50.8 Å². The first-order valence-electron chi connectivity index (χ1n) is 11.9. The maximum absolute atomic E-state index is 13.4. The third-order valence-corrected chi connectivity index (χ3v) is 6.34. The first-order valence-corrected chi connectivity index (χ1v) is 11.9. The molecule has 2 fully saturated rings. The van der Waals surface area contributed by atoms with Crippen LogP contribution in [-0.4, -0.2) is 74.9 Å². The smallest absolute Gasteiger partial charge is 0.318 e. The van der Waals surface area contributed by atoms with Crippen LogP contribution in [0.2, 0.25) is 0 Å². The van der Waals surface area contributed by atoms with Crippen LogP contribution in [0.5, 0.6) is 5.75 Å². The van der Waals surface area contributed by atoms with Gasteiger partial charge in [-0.3, -0.25) is 4.79 Å². The first kappa shape index (κ1) is 25.6. The number of morpholine rings is 1. The van der Waals surface area contributed by atoms with Gasteiger partial charge in [-0.2, -0.15) is 5.26 Å². The van der Waals surface area contributed by atoms with Crippen LogP contribution in [0.4, 0.5) is 10.5 Å². The molecule has 0 aliphatic carbocycles. The number of piperidine rings is 1. The SMILES string of the molecule is COc1cccc(N2CCC(C#N)(NC(=O)C(CC(C)(C)C)NC(=O)N3CCOCC3)CC2)c1. The molecule has 1 atom stereocenters. The van der Waals surface area contributed by atoms with Gasteiger partial charge in [-0.05, 0) is 24.0 Å². The van der Waals surface area contributed by atoms with Crippen molar-refractivity contribution in [3.05, 3.63) is 24.3 Å². The standard InChI is InChI=1S/C25H37N5O4/c1-24(2,3)17-21(27-23(32)30-12-14-34-15-13-30)22(31)28-25(18-26)8-10-29(11-9-25)19-6-5-7-20(16-19)33-4/h5-7,16,21H,8-15,17H2,1-4H3,(H,27,32)(H,28,31). The highest BCUT2D eigenvalue weighted by Gasteiger charge is 2.39. The van der Waals surface area contributed by atoms with Crippen LogP contribution >= 0.6 is 0 Å². The second kappa shape index (κ2) is 11.0. The number of methoxy groups -OCH3 is 1. The molecule has 34 heavy (non-hydrogen) atoms. The minimum absolute atomic E-state index is 0.185. The summed E-state index contributed by atoms with van der Waals surface area (Å²) < 4.78 is 10.6. The van der Waals surface area contributed by atoms with E-state index >= 15 is 0 Å². The number of urea groups is 1. The molecule has 186 valence electrons. The number of hydrogen-bond donors (Lipinski definition) is 2. The molecule has 9 heteroatoms. The number of hydrogen-bond acceptors (Lipinski definition) is 6. The average molecular weight is 472 g/mol. The molecule has 0 saturated carbocycles. The molecule has 2 heterocycles. The molecule has 1 aromatic rings. The quantitative estimate of drug-likeness (QED) is 0.660. The Morgan fingerprint density at radius 3 is 2.47 bits per heavy atom. The van der Waals surface area contributed by atoms with Gasteiger partial charge in [0.05, 0.1) is 26.4 Å². The lowest BCUT2D eigenvalue weighted by Gasteiger charge is -2.40. The average Bonchev–Trinajstić information content (AvgIpc) is 2.83. The van der Waals surface area contributed by atoms with Gasteiger partial charge in [0.1, 0.15) is 17.3 Å². The summed E-state index contributed by atoms with van der Waals surface area (Å²) in [5, 5.41) is 15.9. The van der Waals surface area contributed by atoms with E-state index in [1.807, 2.05) is 45.0 Å². The number of benzene rings is 1. The van der Waals surface area contributed by atoms with Crippen molar-refractivity contribution in [2.75, 3.05) is 51.4 Å². The summed E-state index contributed by atoms with van der Waals surface area (Å²) in [6.45, 7) is 9.32. The zero-order chi connectivity index (χ0) is 24.8. The number of carbonyl (C=O) groups excluding carboxylic acids is 2. The number of anilines is 1. The van der Waals surface area contributed by atoms with Crippen molar-refractivity contribution >= 4 is 17.6 Å². The number of carbonyl (C=O) groups is 2. The van der Waals surface area contributed by atoms with Crippen LogP contribution in [-0.2, 0) is 9.53 Å². The van der Waals surface area contributed by atoms with Crippen molar-refractivity contribution in [1.29, 1.82) is 5.26 Å². The van der Waals surface area contributed by atoms with Crippen molar-refractivity contribution in [2.24, 2.45) is 5.41 Å². The number of ether oxygens (including phenoxy) is 2. The Labute approximate surface area is 202 Å². The molecule has 2 aliphatic heterocycles. The zero-order valence-corrected chi connectivity index (χ0v) is 20.7. The van der Waals surface area contributed by atoms with E-state index < -0.39 is 11.6 Å². The van der Waals surface area contributed by atoms with Gasteiger partial charge in [-0.15, -0.1) is 0 Å². The van der Waals surface area contributed by atoms with E-state index in [1.165, 1.54) is 0 Å². The molecule has 2 saturated heterocycles. The monoisotopic (exact) mass is 471 g/mol. The van der Waals surface area contributed by atoms with E-state index in [0.29, 0.717) is 58.7 Å². The zero-order valence-electron chi connectivity index (χ0n) is 20.7. The van der Waals surface area contributed by atoms with E-state index in [1.54, 1.807) is 12.0 Å². The van der Waals surface area contributed by atoms with Gasteiger partial charge < -0.3 is 29.9 Å². The lowest BCUT2D eigenvalue weighted by atomic mass is 9.85. The molecular weight excluding hydrogens is 434 g/mol. The summed E-state index contributed by atoms with van der Waals surface area (Å²) in [6, 6.07) is 9.18. The topological polar surface area (TPSA) is 107 Å². The number of rotatable bonds is 6. The molecule has 9 nitrogen and oxygen atoms in total. The molecule has 2 N–H and O–H groups in total. The molecule has 3 amide bonds. The Bertz CT molecular complexity index is 893. The maximum atomic E-state index is 13.4. The van der Waals surface area contributed by atoms with Crippen molar-refractivity contribution in [1.82, 2.24) is 15.5 Å². The number of nitrogens with one attached hydrogen (secondary N) is 2. The Morgan fingerprint density at radius 2 is 1.88 bits per heavy atom. The molecular formula is C25H37N5O4. The second-order valence-corrected chi connectivity index (χ2v) is 10.2. The second-order valence-electron chi connectivity index (χ2n) is 10.2. The summed E-state index contributed by atoms with van der Waals surface area (Å²) in [6.07, 6.45) is 1.45. The number of amides is 3. The Morgan fingerprint density at radius 1 is 1.21 bits per heavy atom. The molecule has 0 radical (unpaired) electrons. The van der Waals surface area contributed by atoms with Crippen molar-refractivity contribution in [3.63, 3.8) is 0 Å². The highest BCUT2D eigenvalue weighted by molar-refractivity contribution is 5.88. The van der Waals surface area contributed by atoms with Crippen LogP contribution < -0.4 is 20.3 Å². The largest absolute Gasteiger partial charge is 0.497 e. The molecule has 3 rings (SSSR count). The molecule has 0 spiro atoms. The van der Waals surface area contributed by atoms with Crippen molar-refractivity contribution in [2.45, 2.75) is 51.6 Å². The summed E-state index contributed by atoms with van der Waals surface area (Å²) in [4.78, 5) is 30.0. The Hall–Kier alpha value is -2.99. The van der Waals surface area contributed by atoms with Gasteiger partial charge in [-0.25, -0.2) is 4.79 Å². The fourth-order valence-electron chi connectivity index (χ4n) is 4.37. The Kier molecular flexibility index (Phi) is 8.26. The summed E-state index contributed by atoms with van der Waals surface area (Å²) in [5.74, 6) is 0.469. The first-order chi connectivity index (χ1) is 16.1. The minimum atomic E-state index is -0.966. The van der Waals surface area contributed by atoms with Crippen molar-refractivity contribution in [3.8, 4) is 11.8 Å². The number of nitrogens with zero attached hydrogens (tertiary/aromatic N) is 3. The van der Waals surface area contributed by atoms with Gasteiger partial charge in [-0.1, -0.05) is 26.8 Å². The third kappa shape index (κ3) is 6.76. The summed E-state index contributed by atoms with van der Waals surface area (Å²) in [5.41, 5.74) is -0.122. The fourth-order valence-corrected chi connectivity index (χ4v) is 4.37. The van der Waals surface area contributed by atoms with E-state index in [4.69, 9.17) is 9.47 Å². The highest BCUT2D eigenvalue weighted by Crippen LogP contribution is 2.29. The number of nitriles is 1. The molecule has 2 aliphatic rings. The van der Waals surface area contributed by atoms with Crippen LogP contribution in [0.25, 0.3) is 0 Å². The van der Waals surface area contributed by atoms with Gasteiger partial charge in [0.25, 0.3) is 0 Å². The van der Waals surface area contributed by atoms with Crippen molar-refractivity contribution < 1.29 is 19.1 Å². The predicted molar refractivity (Wildman–Crippen MR) is 130 cm³/mol. The molecule has 0 bridgehead atoms. The van der Waals surface area contributed by atoms with E-state index in [-0.39, 0.29) is 17.4 Å². The van der Waals surface area contributed by atoms with E-state index in [9.17, 15) is 14.9 Å². The van der Waals surface area contributed by atoms with E-state index in [0.717, 1.165) is 11.4 Å². The fraction of sp³-hybridized carbons (Fsp3) is 0.640. The molecule has 1 unspecified atom stereocenters. The molecule has 0 aromatic heterocycles. The summed E-state index contributed by atoms with van der Waals surface area (Å²) in [7, 11) is 1.64. The van der Waals surface area contributed by atoms with Gasteiger partial charge in [0.2, 0.25) is 5.91 Å².